The van der Waals surface area contributed by atoms with E-state index in [0.29, 0.717) is 37.0 Å². The van der Waals surface area contributed by atoms with Gasteiger partial charge in [-0.1, -0.05) is 23.7 Å². The average molecular weight is 464 g/mol. The van der Waals surface area contributed by atoms with Crippen molar-refractivity contribution in [3.8, 4) is 0 Å². The zero-order valence-electron chi connectivity index (χ0n) is 18.4. The summed E-state index contributed by atoms with van der Waals surface area (Å²) in [5, 5.41) is 2.70. The molecule has 1 fully saturated rings. The van der Waals surface area contributed by atoms with Crippen molar-refractivity contribution in [1.82, 2.24) is 19.8 Å². The summed E-state index contributed by atoms with van der Waals surface area (Å²) in [4.78, 5) is 25.3. The van der Waals surface area contributed by atoms with Crippen LogP contribution >= 0.6 is 11.6 Å². The highest BCUT2D eigenvalue weighted by atomic mass is 35.5. The number of nitrogen functional groups attached to an aromatic ring is 1. The van der Waals surface area contributed by atoms with Crippen LogP contribution in [0.3, 0.4) is 0 Å². The summed E-state index contributed by atoms with van der Waals surface area (Å²) in [6.45, 7) is 2.92. The number of amides is 1. The number of benzene rings is 2. The van der Waals surface area contributed by atoms with Crippen molar-refractivity contribution < 1.29 is 9.53 Å². The van der Waals surface area contributed by atoms with Crippen LogP contribution in [0.4, 0.5) is 5.69 Å². The molecule has 1 atom stereocenters. The average Bonchev–Trinajstić information content (AvgIpc) is 3.19. The van der Waals surface area contributed by atoms with Crippen molar-refractivity contribution >= 4 is 45.0 Å². The summed E-state index contributed by atoms with van der Waals surface area (Å²) < 4.78 is 5.42. The Morgan fingerprint density at radius 2 is 2.03 bits per heavy atom. The van der Waals surface area contributed by atoms with Crippen molar-refractivity contribution in [2.75, 3.05) is 32.5 Å². The topological polar surface area (TPSA) is 87.5 Å². The molecule has 3 heterocycles. The molecule has 1 amide bonds. The largest absolute Gasteiger partial charge is 0.398 e. The monoisotopic (exact) mass is 463 g/mol. The lowest BCUT2D eigenvalue weighted by molar-refractivity contribution is -0.145. The second-order valence-electron chi connectivity index (χ2n) is 8.48. The van der Waals surface area contributed by atoms with Crippen LogP contribution in [0, 0.1) is 0 Å². The van der Waals surface area contributed by atoms with Crippen LogP contribution in [0.1, 0.15) is 11.3 Å². The Kier molecular flexibility index (Phi) is 5.93. The SMILES string of the molecule is COCC1C(=O)N(Cc2ccc3c(N)ccnc3c2)CCN1Cc1cc2cc(Cl)ccc2[nH]1. The van der Waals surface area contributed by atoms with Crippen LogP contribution in [0.25, 0.3) is 21.8 Å². The Bertz CT molecular complexity index is 1320. The third-order valence-corrected chi connectivity index (χ3v) is 6.48. The predicted molar refractivity (Wildman–Crippen MR) is 131 cm³/mol. The van der Waals surface area contributed by atoms with E-state index < -0.39 is 0 Å². The van der Waals surface area contributed by atoms with Crippen LogP contribution < -0.4 is 5.73 Å². The third kappa shape index (κ3) is 4.39. The first-order valence-electron chi connectivity index (χ1n) is 10.9. The van der Waals surface area contributed by atoms with Crippen LogP contribution in [-0.4, -0.2) is 58.5 Å². The molecule has 8 heteroatoms. The molecule has 4 aromatic rings. The highest BCUT2D eigenvalue weighted by Crippen LogP contribution is 2.24. The van der Waals surface area contributed by atoms with Crippen molar-refractivity contribution in [3.05, 3.63) is 71.0 Å². The molecule has 2 aromatic heterocycles. The number of nitrogens with two attached hydrogens (primary N) is 1. The molecular weight excluding hydrogens is 438 g/mol. The Morgan fingerprint density at radius 1 is 1.15 bits per heavy atom. The van der Waals surface area contributed by atoms with Crippen LogP contribution in [-0.2, 0) is 22.6 Å². The number of aromatic nitrogens is 2. The lowest BCUT2D eigenvalue weighted by Gasteiger charge is -2.40. The molecule has 5 rings (SSSR count). The van der Waals surface area contributed by atoms with E-state index in [9.17, 15) is 4.79 Å². The molecule has 0 aliphatic carbocycles. The first kappa shape index (κ1) is 21.7. The van der Waals surface area contributed by atoms with E-state index in [-0.39, 0.29) is 11.9 Å². The van der Waals surface area contributed by atoms with Gasteiger partial charge in [0.05, 0.1) is 12.1 Å². The number of methoxy groups -OCH3 is 1. The number of piperazine rings is 1. The molecule has 1 aliphatic heterocycles. The van der Waals surface area contributed by atoms with Crippen LogP contribution in [0.15, 0.2) is 54.7 Å². The molecule has 170 valence electrons. The van der Waals surface area contributed by atoms with E-state index in [0.717, 1.165) is 39.6 Å². The number of nitrogens with zero attached hydrogens (tertiary/aromatic N) is 3. The number of anilines is 1. The number of halogens is 1. The maximum atomic E-state index is 13.4. The number of pyridine rings is 1. The van der Waals surface area contributed by atoms with Gasteiger partial charge in [0.15, 0.2) is 0 Å². The summed E-state index contributed by atoms with van der Waals surface area (Å²) in [5.41, 5.74) is 10.7. The number of ether oxygens (including phenoxy) is 1. The van der Waals surface area contributed by atoms with E-state index >= 15 is 0 Å². The van der Waals surface area contributed by atoms with Gasteiger partial charge in [-0.15, -0.1) is 0 Å². The van der Waals surface area contributed by atoms with E-state index in [2.05, 4.69) is 20.9 Å². The van der Waals surface area contributed by atoms with Gasteiger partial charge in [0.2, 0.25) is 5.91 Å². The molecule has 0 radical (unpaired) electrons. The van der Waals surface area contributed by atoms with E-state index in [1.807, 2.05) is 41.3 Å². The number of rotatable bonds is 6. The normalized spacial score (nSPS) is 17.3. The molecule has 7 nitrogen and oxygen atoms in total. The summed E-state index contributed by atoms with van der Waals surface area (Å²) in [5.74, 6) is 0.0721. The zero-order valence-corrected chi connectivity index (χ0v) is 19.2. The molecule has 0 bridgehead atoms. The quantitative estimate of drug-likeness (QED) is 0.454. The van der Waals surface area contributed by atoms with Crippen molar-refractivity contribution in [3.63, 3.8) is 0 Å². The predicted octanol–water partition coefficient (Wildman–Crippen LogP) is 3.81. The smallest absolute Gasteiger partial charge is 0.242 e. The highest BCUT2D eigenvalue weighted by molar-refractivity contribution is 6.31. The highest BCUT2D eigenvalue weighted by Gasteiger charge is 2.35. The third-order valence-electron chi connectivity index (χ3n) is 6.25. The maximum absolute atomic E-state index is 13.4. The maximum Gasteiger partial charge on any atom is 0.242 e. The zero-order chi connectivity index (χ0) is 22.9. The number of aromatic amines is 1. The summed E-state index contributed by atoms with van der Waals surface area (Å²) >= 11 is 6.12. The number of hydrogen-bond acceptors (Lipinski definition) is 5. The van der Waals surface area contributed by atoms with Gasteiger partial charge >= 0.3 is 0 Å². The second kappa shape index (κ2) is 9.02. The number of H-pyrrole nitrogens is 1. The molecule has 0 spiro atoms. The summed E-state index contributed by atoms with van der Waals surface area (Å²) in [6, 6.07) is 15.3. The van der Waals surface area contributed by atoms with Gasteiger partial charge in [0.1, 0.15) is 6.04 Å². The van der Waals surface area contributed by atoms with E-state index in [1.165, 1.54) is 0 Å². The van der Waals surface area contributed by atoms with Gasteiger partial charge in [-0.3, -0.25) is 14.7 Å². The Labute approximate surface area is 197 Å². The lowest BCUT2D eigenvalue weighted by atomic mass is 10.1. The lowest BCUT2D eigenvalue weighted by Crippen LogP contribution is -2.57. The van der Waals surface area contributed by atoms with Gasteiger partial charge in [0.25, 0.3) is 0 Å². The van der Waals surface area contributed by atoms with Gasteiger partial charge in [-0.25, -0.2) is 0 Å². The molecule has 2 aromatic carbocycles. The number of carbonyl (C=O) groups excluding carboxylic acids is 1. The minimum absolute atomic E-state index is 0.0721. The summed E-state index contributed by atoms with van der Waals surface area (Å²) in [7, 11) is 1.63. The standard InChI is InChI=1S/C25H26ClN5O2/c1-33-15-24-25(32)31(13-16-2-4-20-21(27)6-7-28-23(20)10-16)9-8-30(24)14-19-12-17-11-18(26)3-5-22(17)29-19/h2-7,10-12,24,29H,8-9,13-15H2,1H3,(H2,27,28). The summed E-state index contributed by atoms with van der Waals surface area (Å²) in [6.07, 6.45) is 1.71. The Balaban J connectivity index is 1.33. The van der Waals surface area contributed by atoms with Crippen LogP contribution in [0.5, 0.6) is 0 Å². The molecule has 1 saturated heterocycles. The molecule has 33 heavy (non-hydrogen) atoms. The fourth-order valence-electron chi connectivity index (χ4n) is 4.57. The number of fused-ring (bicyclic) bond motifs is 2. The molecule has 0 saturated carbocycles. The Morgan fingerprint density at radius 3 is 2.88 bits per heavy atom. The molecular formula is C25H26ClN5O2. The molecule has 1 aliphatic rings. The van der Waals surface area contributed by atoms with Crippen molar-refractivity contribution in [2.24, 2.45) is 0 Å². The van der Waals surface area contributed by atoms with E-state index in [4.69, 9.17) is 22.1 Å². The van der Waals surface area contributed by atoms with E-state index in [1.54, 1.807) is 19.4 Å². The Hall–Kier alpha value is -3.13. The van der Waals surface area contributed by atoms with Gasteiger partial charge < -0.3 is 20.4 Å². The number of carbonyl (C=O) groups is 1. The first-order valence-corrected chi connectivity index (χ1v) is 11.3. The van der Waals surface area contributed by atoms with Crippen LogP contribution in [0.2, 0.25) is 5.02 Å². The first-order chi connectivity index (χ1) is 16.0. The van der Waals surface area contributed by atoms with Crippen molar-refractivity contribution in [2.45, 2.75) is 19.1 Å². The number of hydrogen-bond donors (Lipinski definition) is 2. The molecule has 1 unspecified atom stereocenters. The minimum Gasteiger partial charge on any atom is -0.398 e. The minimum atomic E-state index is -0.340. The fraction of sp³-hybridized carbons (Fsp3) is 0.280. The van der Waals surface area contributed by atoms with Gasteiger partial charge in [0, 0.05) is 72.2 Å². The molecule has 3 N–H and O–H groups in total. The number of nitrogens with one attached hydrogen (secondary N) is 1. The second-order valence-corrected chi connectivity index (χ2v) is 8.92. The van der Waals surface area contributed by atoms with Crippen molar-refractivity contribution in [1.29, 1.82) is 0 Å². The van der Waals surface area contributed by atoms with Gasteiger partial charge in [-0.05, 0) is 42.0 Å². The fourth-order valence-corrected chi connectivity index (χ4v) is 4.75. The van der Waals surface area contributed by atoms with Gasteiger partial charge in [-0.2, -0.15) is 0 Å².